The van der Waals surface area contributed by atoms with Gasteiger partial charge in [0.2, 0.25) is 0 Å². The van der Waals surface area contributed by atoms with Crippen LogP contribution < -0.4 is 10.1 Å². The molecular formula is C29H29F2N3O3S. The molecule has 0 unspecified atom stereocenters. The number of halogens is 2. The molecule has 0 atom stereocenters. The van der Waals surface area contributed by atoms with E-state index in [1.54, 1.807) is 36.4 Å². The number of pyridine rings is 1. The number of amides is 1. The van der Waals surface area contributed by atoms with E-state index in [-0.39, 0.29) is 34.5 Å². The third kappa shape index (κ3) is 5.08. The van der Waals surface area contributed by atoms with Crippen LogP contribution in [0.25, 0.3) is 21.2 Å². The summed E-state index contributed by atoms with van der Waals surface area (Å²) in [6, 6.07) is 11.7. The normalized spacial score (nSPS) is 17.5. The van der Waals surface area contributed by atoms with E-state index in [2.05, 4.69) is 10.3 Å². The summed E-state index contributed by atoms with van der Waals surface area (Å²) >= 11 is 1.09. The number of carbonyl (C=O) groups excluding carboxylic acids is 1. The minimum Gasteiger partial charge on any atom is -0.505 e. The fourth-order valence-electron chi connectivity index (χ4n) is 5.24. The second-order valence-electron chi connectivity index (χ2n) is 9.54. The van der Waals surface area contributed by atoms with E-state index in [1.165, 1.54) is 12.1 Å². The summed E-state index contributed by atoms with van der Waals surface area (Å²) in [7, 11) is 3.50. The highest BCUT2D eigenvalue weighted by molar-refractivity contribution is 7.21. The Kier molecular flexibility index (Phi) is 7.58. The summed E-state index contributed by atoms with van der Waals surface area (Å²) in [5, 5.41) is 14.3. The molecule has 38 heavy (non-hydrogen) atoms. The minimum absolute atomic E-state index is 0.0675. The molecule has 1 aliphatic carbocycles. The SMILES string of the molecule is CNC1CCC(N(Cc2cc(-c3cncc(F)c3)ccc2OC)C(=O)c2sc3cccc(F)c3c2O)CC1. The number of hydrogen-bond acceptors (Lipinski definition) is 6. The van der Waals surface area contributed by atoms with Crippen LogP contribution in [-0.4, -0.2) is 47.1 Å². The smallest absolute Gasteiger partial charge is 0.268 e. The number of fused-ring (bicyclic) bond motifs is 1. The van der Waals surface area contributed by atoms with E-state index >= 15 is 0 Å². The van der Waals surface area contributed by atoms with Crippen molar-refractivity contribution in [2.75, 3.05) is 14.2 Å². The predicted octanol–water partition coefficient (Wildman–Crippen LogP) is 6.13. The number of thiophene rings is 1. The number of benzene rings is 2. The number of hydrogen-bond donors (Lipinski definition) is 2. The van der Waals surface area contributed by atoms with Gasteiger partial charge in [-0.2, -0.15) is 0 Å². The van der Waals surface area contributed by atoms with Gasteiger partial charge in [-0.25, -0.2) is 8.78 Å². The van der Waals surface area contributed by atoms with Crippen molar-refractivity contribution in [3.8, 4) is 22.6 Å². The number of ether oxygens (including phenoxy) is 1. The van der Waals surface area contributed by atoms with E-state index in [9.17, 15) is 18.7 Å². The summed E-state index contributed by atoms with van der Waals surface area (Å²) < 4.78 is 34.5. The van der Waals surface area contributed by atoms with Gasteiger partial charge in [0.25, 0.3) is 5.91 Å². The van der Waals surface area contributed by atoms with E-state index in [4.69, 9.17) is 4.74 Å². The fourth-order valence-corrected chi connectivity index (χ4v) is 6.31. The standard InChI is InChI=1S/C29H29F2N3O3S/c1-32-21-7-9-22(10-8-21)34(29(36)28-27(35)26-23(31)4-3-5-25(26)38-28)16-19-12-17(6-11-24(19)37-2)18-13-20(30)15-33-14-18/h3-6,11-15,21-22,32,35H,7-10,16H2,1-2H3. The van der Waals surface area contributed by atoms with Gasteiger partial charge in [-0.3, -0.25) is 9.78 Å². The molecule has 2 heterocycles. The van der Waals surface area contributed by atoms with Crippen molar-refractivity contribution in [1.82, 2.24) is 15.2 Å². The van der Waals surface area contributed by atoms with Crippen LogP contribution in [0, 0.1) is 11.6 Å². The van der Waals surface area contributed by atoms with Gasteiger partial charge in [0.05, 0.1) is 18.7 Å². The summed E-state index contributed by atoms with van der Waals surface area (Å²) in [5.41, 5.74) is 2.09. The van der Waals surface area contributed by atoms with Crippen molar-refractivity contribution in [2.45, 2.75) is 44.3 Å². The Morgan fingerprint density at radius 3 is 2.61 bits per heavy atom. The average Bonchev–Trinajstić information content (AvgIpc) is 3.28. The molecule has 1 saturated carbocycles. The summed E-state index contributed by atoms with van der Waals surface area (Å²) in [6.07, 6.45) is 6.12. The minimum atomic E-state index is -0.561. The number of rotatable bonds is 7. The predicted molar refractivity (Wildman–Crippen MR) is 145 cm³/mol. The second-order valence-corrected chi connectivity index (χ2v) is 10.6. The van der Waals surface area contributed by atoms with E-state index in [1.807, 2.05) is 19.2 Å². The molecule has 9 heteroatoms. The second kappa shape index (κ2) is 11.0. The van der Waals surface area contributed by atoms with Crippen LogP contribution in [0.1, 0.15) is 40.9 Å². The number of nitrogens with one attached hydrogen (secondary N) is 1. The fraction of sp³-hybridized carbons (Fsp3) is 0.310. The molecular weight excluding hydrogens is 508 g/mol. The maximum absolute atomic E-state index is 14.5. The number of aromatic nitrogens is 1. The molecule has 198 valence electrons. The topological polar surface area (TPSA) is 74.7 Å². The van der Waals surface area contributed by atoms with Gasteiger partial charge in [-0.15, -0.1) is 11.3 Å². The lowest BCUT2D eigenvalue weighted by atomic mass is 9.89. The summed E-state index contributed by atoms with van der Waals surface area (Å²) in [6.45, 7) is 0.212. The Balaban J connectivity index is 1.55. The van der Waals surface area contributed by atoms with Crippen LogP contribution >= 0.6 is 11.3 Å². The molecule has 2 N–H and O–H groups in total. The van der Waals surface area contributed by atoms with Gasteiger partial charge >= 0.3 is 0 Å². The van der Waals surface area contributed by atoms with Gasteiger partial charge in [0, 0.05) is 40.7 Å². The highest BCUT2D eigenvalue weighted by atomic mass is 32.1. The first-order valence-corrected chi connectivity index (χ1v) is 13.4. The molecule has 1 amide bonds. The average molecular weight is 538 g/mol. The molecule has 2 aromatic carbocycles. The first-order chi connectivity index (χ1) is 18.4. The number of nitrogens with zero attached hydrogens (tertiary/aromatic N) is 2. The lowest BCUT2D eigenvalue weighted by molar-refractivity contribution is 0.0602. The molecule has 6 nitrogen and oxygen atoms in total. The van der Waals surface area contributed by atoms with Gasteiger partial charge in [0.15, 0.2) is 0 Å². The molecule has 1 fully saturated rings. The van der Waals surface area contributed by atoms with Crippen LogP contribution in [0.3, 0.4) is 0 Å². The van der Waals surface area contributed by atoms with Crippen molar-refractivity contribution >= 4 is 27.3 Å². The van der Waals surface area contributed by atoms with Crippen LogP contribution in [-0.2, 0) is 6.54 Å². The zero-order chi connectivity index (χ0) is 26.8. The summed E-state index contributed by atoms with van der Waals surface area (Å²) in [5.74, 6) is -1.09. The molecule has 4 aromatic rings. The van der Waals surface area contributed by atoms with Gasteiger partial charge in [-0.05, 0) is 68.6 Å². The van der Waals surface area contributed by atoms with Crippen LogP contribution in [0.2, 0.25) is 0 Å². The Bertz CT molecular complexity index is 1470. The number of carbonyl (C=O) groups is 1. The van der Waals surface area contributed by atoms with Crippen molar-refractivity contribution in [1.29, 1.82) is 0 Å². The number of methoxy groups -OCH3 is 1. The van der Waals surface area contributed by atoms with Crippen molar-refractivity contribution in [3.63, 3.8) is 0 Å². The quantitative estimate of drug-likeness (QED) is 0.297. The van der Waals surface area contributed by atoms with Crippen LogP contribution in [0.4, 0.5) is 8.78 Å². The van der Waals surface area contributed by atoms with Crippen molar-refractivity contribution in [3.05, 3.63) is 76.9 Å². The lowest BCUT2D eigenvalue weighted by Crippen LogP contribution is -2.44. The molecule has 0 saturated heterocycles. The lowest BCUT2D eigenvalue weighted by Gasteiger charge is -2.37. The maximum Gasteiger partial charge on any atom is 0.268 e. The van der Waals surface area contributed by atoms with Crippen LogP contribution in [0.5, 0.6) is 11.5 Å². The van der Waals surface area contributed by atoms with Crippen LogP contribution in [0.15, 0.2) is 54.9 Å². The number of aromatic hydroxyl groups is 1. The van der Waals surface area contributed by atoms with Gasteiger partial charge in [-0.1, -0.05) is 12.1 Å². The zero-order valence-electron chi connectivity index (χ0n) is 21.2. The largest absolute Gasteiger partial charge is 0.505 e. The summed E-state index contributed by atoms with van der Waals surface area (Å²) in [4.78, 5) is 19.9. The van der Waals surface area contributed by atoms with E-state index in [0.717, 1.165) is 54.3 Å². The third-order valence-corrected chi connectivity index (χ3v) is 8.43. The Hall–Kier alpha value is -3.56. The molecule has 0 spiro atoms. The van der Waals surface area contributed by atoms with Gasteiger partial charge in [0.1, 0.15) is 28.0 Å². The zero-order valence-corrected chi connectivity index (χ0v) is 22.0. The monoisotopic (exact) mass is 537 g/mol. The molecule has 0 bridgehead atoms. The Morgan fingerprint density at radius 2 is 1.92 bits per heavy atom. The highest BCUT2D eigenvalue weighted by Crippen LogP contribution is 2.40. The molecule has 0 aliphatic heterocycles. The Morgan fingerprint density at radius 1 is 1.13 bits per heavy atom. The molecule has 5 rings (SSSR count). The van der Waals surface area contributed by atoms with Gasteiger partial charge < -0.3 is 20.1 Å². The molecule has 1 aliphatic rings. The first-order valence-electron chi connectivity index (χ1n) is 12.6. The maximum atomic E-state index is 14.5. The van der Waals surface area contributed by atoms with E-state index in [0.29, 0.717) is 22.1 Å². The Labute approximate surface area is 223 Å². The van der Waals surface area contributed by atoms with Crippen molar-refractivity contribution in [2.24, 2.45) is 0 Å². The first kappa shape index (κ1) is 26.1. The molecule has 0 radical (unpaired) electrons. The third-order valence-electron chi connectivity index (χ3n) is 7.30. The molecule has 2 aromatic heterocycles. The highest BCUT2D eigenvalue weighted by Gasteiger charge is 2.33. The van der Waals surface area contributed by atoms with Crippen molar-refractivity contribution < 1.29 is 23.4 Å². The van der Waals surface area contributed by atoms with E-state index < -0.39 is 11.6 Å².